The Kier molecular flexibility index (Phi) is 5.00. The van der Waals surface area contributed by atoms with Gasteiger partial charge in [0.1, 0.15) is 17.4 Å². The summed E-state index contributed by atoms with van der Waals surface area (Å²) in [5, 5.41) is 6.59. The summed E-state index contributed by atoms with van der Waals surface area (Å²) in [6.45, 7) is 1.83. The number of ether oxygens (including phenoxy) is 1. The second kappa shape index (κ2) is 7.36. The molecule has 0 fully saturated rings. The van der Waals surface area contributed by atoms with Gasteiger partial charge in [0.2, 0.25) is 5.95 Å². The summed E-state index contributed by atoms with van der Waals surface area (Å²) in [4.78, 5) is 8.72. The van der Waals surface area contributed by atoms with E-state index in [1.54, 1.807) is 49.6 Å². The van der Waals surface area contributed by atoms with E-state index < -0.39 is 0 Å². The molecule has 0 aliphatic rings. The lowest BCUT2D eigenvalue weighted by Crippen LogP contribution is -2.04. The molecule has 0 saturated heterocycles. The Hall–Kier alpha value is -2.86. The minimum Gasteiger partial charge on any atom is -0.495 e. The Morgan fingerprint density at radius 1 is 1.00 bits per heavy atom. The van der Waals surface area contributed by atoms with Crippen LogP contribution >= 0.6 is 11.6 Å². The number of nitrogens with zero attached hydrogens (tertiary/aromatic N) is 2. The summed E-state index contributed by atoms with van der Waals surface area (Å²) in [5.41, 5.74) is 1.70. The summed E-state index contributed by atoms with van der Waals surface area (Å²) < 4.78 is 19.1. The third-order valence-corrected chi connectivity index (χ3v) is 3.63. The van der Waals surface area contributed by atoms with Crippen LogP contribution in [0.5, 0.6) is 5.75 Å². The van der Waals surface area contributed by atoms with Gasteiger partial charge in [-0.15, -0.1) is 0 Å². The maximum absolute atomic E-state index is 13.8. The van der Waals surface area contributed by atoms with E-state index >= 15 is 0 Å². The SMILES string of the molecule is COc1ccc(Cl)cc1Nc1nc(C)cc(Nc2ccccc2F)n1. The molecule has 25 heavy (non-hydrogen) atoms. The highest BCUT2D eigenvalue weighted by molar-refractivity contribution is 6.31. The number of rotatable bonds is 5. The second-order valence-electron chi connectivity index (χ2n) is 5.29. The Morgan fingerprint density at radius 3 is 2.56 bits per heavy atom. The fourth-order valence-electron chi connectivity index (χ4n) is 2.29. The van der Waals surface area contributed by atoms with E-state index in [2.05, 4.69) is 20.6 Å². The maximum Gasteiger partial charge on any atom is 0.229 e. The molecule has 0 spiro atoms. The fourth-order valence-corrected chi connectivity index (χ4v) is 2.46. The molecule has 1 heterocycles. The first kappa shape index (κ1) is 17.0. The van der Waals surface area contributed by atoms with E-state index in [-0.39, 0.29) is 5.82 Å². The van der Waals surface area contributed by atoms with Gasteiger partial charge in [0.15, 0.2) is 0 Å². The molecular weight excluding hydrogens is 343 g/mol. The van der Waals surface area contributed by atoms with E-state index in [0.29, 0.717) is 33.9 Å². The average Bonchev–Trinajstić information content (AvgIpc) is 2.57. The first-order chi connectivity index (χ1) is 12.0. The highest BCUT2D eigenvalue weighted by Gasteiger charge is 2.09. The van der Waals surface area contributed by atoms with Crippen LogP contribution in [0.25, 0.3) is 0 Å². The van der Waals surface area contributed by atoms with Crippen molar-refractivity contribution in [3.8, 4) is 5.75 Å². The van der Waals surface area contributed by atoms with Crippen molar-refractivity contribution in [2.24, 2.45) is 0 Å². The molecule has 0 unspecified atom stereocenters. The predicted octanol–water partition coefficient (Wildman–Crippen LogP) is 5.07. The molecule has 0 saturated carbocycles. The lowest BCUT2D eigenvalue weighted by atomic mass is 10.3. The van der Waals surface area contributed by atoms with Crippen molar-refractivity contribution in [2.75, 3.05) is 17.7 Å². The van der Waals surface area contributed by atoms with E-state index in [1.165, 1.54) is 6.07 Å². The van der Waals surface area contributed by atoms with Gasteiger partial charge in [-0.2, -0.15) is 4.98 Å². The van der Waals surface area contributed by atoms with Crippen LogP contribution in [0.2, 0.25) is 5.02 Å². The monoisotopic (exact) mass is 358 g/mol. The Bertz CT molecular complexity index is 904. The fraction of sp³-hybridized carbons (Fsp3) is 0.111. The summed E-state index contributed by atoms with van der Waals surface area (Å²) in [6.07, 6.45) is 0. The molecule has 7 heteroatoms. The van der Waals surface area contributed by atoms with Crippen LogP contribution in [0.1, 0.15) is 5.69 Å². The van der Waals surface area contributed by atoms with Gasteiger partial charge in [0.25, 0.3) is 0 Å². The number of para-hydroxylation sites is 1. The summed E-state index contributed by atoms with van der Waals surface area (Å²) in [5.74, 6) is 1.07. The Morgan fingerprint density at radius 2 is 1.80 bits per heavy atom. The number of anilines is 4. The molecule has 3 rings (SSSR count). The van der Waals surface area contributed by atoms with Crippen molar-refractivity contribution >= 4 is 34.7 Å². The smallest absolute Gasteiger partial charge is 0.229 e. The quantitative estimate of drug-likeness (QED) is 0.666. The van der Waals surface area contributed by atoms with Gasteiger partial charge in [-0.1, -0.05) is 23.7 Å². The van der Waals surface area contributed by atoms with Crippen LogP contribution in [0.3, 0.4) is 0 Å². The van der Waals surface area contributed by atoms with E-state index in [4.69, 9.17) is 16.3 Å². The van der Waals surface area contributed by atoms with Gasteiger partial charge in [-0.3, -0.25) is 0 Å². The lowest BCUT2D eigenvalue weighted by molar-refractivity contribution is 0.417. The number of hydrogen-bond acceptors (Lipinski definition) is 5. The van der Waals surface area contributed by atoms with Crippen molar-refractivity contribution in [3.05, 3.63) is 65.1 Å². The first-order valence-corrected chi connectivity index (χ1v) is 7.91. The molecule has 0 bridgehead atoms. The minimum absolute atomic E-state index is 0.340. The second-order valence-corrected chi connectivity index (χ2v) is 5.73. The van der Waals surface area contributed by atoms with Gasteiger partial charge >= 0.3 is 0 Å². The molecule has 0 aliphatic heterocycles. The highest BCUT2D eigenvalue weighted by atomic mass is 35.5. The van der Waals surface area contributed by atoms with Gasteiger partial charge in [0.05, 0.1) is 18.5 Å². The normalized spacial score (nSPS) is 10.4. The van der Waals surface area contributed by atoms with Crippen LogP contribution in [-0.2, 0) is 0 Å². The molecule has 3 aromatic rings. The van der Waals surface area contributed by atoms with Crippen molar-refractivity contribution in [1.29, 1.82) is 0 Å². The standard InChI is InChI=1S/C18H16ClFN4O/c1-11-9-17(22-14-6-4-3-5-13(14)20)24-18(21-11)23-15-10-12(19)7-8-16(15)25-2/h3-10H,1-2H3,(H2,21,22,23,24). The molecule has 5 nitrogen and oxygen atoms in total. The number of methoxy groups -OCH3 is 1. The number of nitrogens with one attached hydrogen (secondary N) is 2. The zero-order valence-corrected chi connectivity index (χ0v) is 14.4. The summed E-state index contributed by atoms with van der Waals surface area (Å²) in [7, 11) is 1.57. The zero-order chi connectivity index (χ0) is 17.8. The number of aromatic nitrogens is 2. The number of aryl methyl sites for hydroxylation is 1. The van der Waals surface area contributed by atoms with E-state index in [9.17, 15) is 4.39 Å². The molecule has 1 aromatic heterocycles. The predicted molar refractivity (Wildman–Crippen MR) is 97.7 cm³/mol. The average molecular weight is 359 g/mol. The lowest BCUT2D eigenvalue weighted by Gasteiger charge is -2.13. The molecule has 0 atom stereocenters. The van der Waals surface area contributed by atoms with Gasteiger partial charge in [-0.05, 0) is 37.3 Å². The minimum atomic E-state index is -0.357. The third kappa shape index (κ3) is 4.16. The highest BCUT2D eigenvalue weighted by Crippen LogP contribution is 2.30. The largest absolute Gasteiger partial charge is 0.495 e. The topological polar surface area (TPSA) is 59.1 Å². The Balaban J connectivity index is 1.90. The van der Waals surface area contributed by atoms with Gasteiger partial charge < -0.3 is 15.4 Å². The van der Waals surface area contributed by atoms with E-state index in [1.807, 2.05) is 6.92 Å². The molecule has 0 amide bonds. The van der Waals surface area contributed by atoms with Crippen LogP contribution in [-0.4, -0.2) is 17.1 Å². The molecule has 2 aromatic carbocycles. The van der Waals surface area contributed by atoms with Gasteiger partial charge in [-0.25, -0.2) is 9.37 Å². The van der Waals surface area contributed by atoms with Crippen LogP contribution in [0.15, 0.2) is 48.5 Å². The molecule has 0 radical (unpaired) electrons. The Labute approximate surface area is 149 Å². The number of hydrogen-bond donors (Lipinski definition) is 2. The van der Waals surface area contributed by atoms with Crippen LogP contribution < -0.4 is 15.4 Å². The molecule has 128 valence electrons. The maximum atomic E-state index is 13.8. The van der Waals surface area contributed by atoms with Gasteiger partial charge in [0, 0.05) is 16.8 Å². The summed E-state index contributed by atoms with van der Waals surface area (Å²) >= 11 is 6.04. The van der Waals surface area contributed by atoms with Crippen molar-refractivity contribution < 1.29 is 9.13 Å². The van der Waals surface area contributed by atoms with E-state index in [0.717, 1.165) is 5.69 Å². The first-order valence-electron chi connectivity index (χ1n) is 7.53. The summed E-state index contributed by atoms with van der Waals surface area (Å²) in [6, 6.07) is 13.3. The van der Waals surface area contributed by atoms with Crippen LogP contribution in [0.4, 0.5) is 27.5 Å². The number of benzene rings is 2. The molecular formula is C18H16ClFN4O. The van der Waals surface area contributed by atoms with Crippen LogP contribution in [0, 0.1) is 12.7 Å². The van der Waals surface area contributed by atoms with Crippen molar-refractivity contribution in [2.45, 2.75) is 6.92 Å². The van der Waals surface area contributed by atoms with Crippen molar-refractivity contribution in [3.63, 3.8) is 0 Å². The number of halogens is 2. The molecule has 0 aliphatic carbocycles. The third-order valence-electron chi connectivity index (χ3n) is 3.40. The zero-order valence-electron chi connectivity index (χ0n) is 13.7. The molecule has 2 N–H and O–H groups in total. The van der Waals surface area contributed by atoms with Crippen molar-refractivity contribution in [1.82, 2.24) is 9.97 Å².